The topological polar surface area (TPSA) is 106 Å². The minimum Gasteiger partial charge on any atom is -0.496 e. The highest BCUT2D eigenvalue weighted by Crippen LogP contribution is 2.23. The van der Waals surface area contributed by atoms with Gasteiger partial charge >= 0.3 is 0 Å². The summed E-state index contributed by atoms with van der Waals surface area (Å²) < 4.78 is 11.2. The van der Waals surface area contributed by atoms with Crippen LogP contribution in [0.2, 0.25) is 0 Å². The van der Waals surface area contributed by atoms with Crippen LogP contribution in [0.25, 0.3) is 10.9 Å². The number of fused-ring (bicyclic) bond motifs is 1. The summed E-state index contributed by atoms with van der Waals surface area (Å²) in [7, 11) is 1.61. The summed E-state index contributed by atoms with van der Waals surface area (Å²) in [5, 5.41) is 3.89. The third kappa shape index (κ3) is 7.48. The molecular weight excluding hydrogens is 490 g/mol. The number of hydrogen-bond acceptors (Lipinski definition) is 5. The van der Waals surface area contributed by atoms with Crippen LogP contribution < -0.4 is 20.5 Å². The number of ketones is 1. The molecule has 39 heavy (non-hydrogen) atoms. The van der Waals surface area contributed by atoms with E-state index in [1.54, 1.807) is 7.11 Å². The second kappa shape index (κ2) is 13.6. The van der Waals surface area contributed by atoms with E-state index in [0.717, 1.165) is 40.6 Å². The maximum absolute atomic E-state index is 13.5. The molecule has 7 heteroatoms. The molecule has 1 amide bonds. The molecule has 0 saturated carbocycles. The molecule has 204 valence electrons. The Morgan fingerprint density at radius 3 is 2.46 bits per heavy atom. The van der Waals surface area contributed by atoms with E-state index >= 15 is 0 Å². The van der Waals surface area contributed by atoms with Gasteiger partial charge in [0.05, 0.1) is 19.2 Å². The Morgan fingerprint density at radius 2 is 1.69 bits per heavy atom. The number of hydrogen-bond donors (Lipinski definition) is 3. The Hall–Kier alpha value is -4.10. The normalized spacial score (nSPS) is 12.6. The van der Waals surface area contributed by atoms with Crippen molar-refractivity contribution in [2.24, 2.45) is 11.7 Å². The van der Waals surface area contributed by atoms with Gasteiger partial charge in [-0.05, 0) is 60.2 Å². The number of nitrogens with two attached hydrogens (primary N) is 1. The number of amides is 1. The van der Waals surface area contributed by atoms with Crippen molar-refractivity contribution in [3.63, 3.8) is 0 Å². The van der Waals surface area contributed by atoms with Gasteiger partial charge < -0.3 is 25.5 Å². The van der Waals surface area contributed by atoms with Crippen LogP contribution in [0, 0.1) is 5.92 Å². The van der Waals surface area contributed by atoms with Crippen LogP contribution >= 0.6 is 0 Å². The Kier molecular flexibility index (Phi) is 9.75. The van der Waals surface area contributed by atoms with E-state index in [9.17, 15) is 9.59 Å². The fraction of sp³-hybridized carbons (Fsp3) is 0.312. The van der Waals surface area contributed by atoms with Gasteiger partial charge in [-0.15, -0.1) is 0 Å². The van der Waals surface area contributed by atoms with E-state index in [1.165, 1.54) is 5.56 Å². The molecule has 7 nitrogen and oxygen atoms in total. The van der Waals surface area contributed by atoms with E-state index in [1.807, 2.05) is 79.0 Å². The first-order valence-electron chi connectivity index (χ1n) is 13.4. The molecular formula is C32H37N3O4. The maximum atomic E-state index is 13.5. The summed E-state index contributed by atoms with van der Waals surface area (Å²) in [5.74, 6) is 0.303. The standard InChI is InChI=1S/C32H37N3O4/c1-3-8-22-13-16-25(17-14-22)39-21-29(36)27(19-24-20-34-28-11-6-5-10-26(24)28)32(33)35-31(37)18-15-23-9-4-7-12-30(23)38-2/h4-7,9-14,16-17,20,27,32,34H,3,8,15,18-19,21,33H2,1-2H3,(H,35,37). The van der Waals surface area contributed by atoms with Crippen molar-refractivity contribution in [2.75, 3.05) is 13.7 Å². The monoisotopic (exact) mass is 527 g/mol. The SMILES string of the molecule is CCCc1ccc(OCC(=O)C(Cc2c[nH]c3ccccc23)C(N)NC(=O)CCc2ccccc2OC)cc1. The Morgan fingerprint density at radius 1 is 0.949 bits per heavy atom. The molecule has 0 aliphatic rings. The molecule has 2 atom stereocenters. The van der Waals surface area contributed by atoms with Crippen LogP contribution in [-0.4, -0.2) is 36.6 Å². The smallest absolute Gasteiger partial charge is 0.221 e. The van der Waals surface area contributed by atoms with Crippen LogP contribution in [0.4, 0.5) is 0 Å². The molecule has 2 unspecified atom stereocenters. The van der Waals surface area contributed by atoms with Crippen molar-refractivity contribution >= 4 is 22.6 Å². The maximum Gasteiger partial charge on any atom is 0.221 e. The van der Waals surface area contributed by atoms with Gasteiger partial charge in [0.1, 0.15) is 18.1 Å². The molecule has 0 aliphatic carbocycles. The predicted octanol–water partition coefficient (Wildman–Crippen LogP) is 4.97. The lowest BCUT2D eigenvalue weighted by Gasteiger charge is -2.24. The van der Waals surface area contributed by atoms with E-state index in [2.05, 4.69) is 17.2 Å². The number of carbonyl (C=O) groups excluding carboxylic acids is 2. The fourth-order valence-electron chi connectivity index (χ4n) is 4.80. The van der Waals surface area contributed by atoms with Crippen molar-refractivity contribution in [2.45, 2.75) is 45.2 Å². The molecule has 3 aromatic carbocycles. The van der Waals surface area contributed by atoms with Crippen molar-refractivity contribution in [1.29, 1.82) is 0 Å². The number of carbonyl (C=O) groups is 2. The highest BCUT2D eigenvalue weighted by Gasteiger charge is 2.28. The number of benzene rings is 3. The highest BCUT2D eigenvalue weighted by molar-refractivity contribution is 5.87. The zero-order chi connectivity index (χ0) is 27.6. The van der Waals surface area contributed by atoms with Gasteiger partial charge in [0.15, 0.2) is 5.78 Å². The summed E-state index contributed by atoms with van der Waals surface area (Å²) in [6, 6.07) is 23.3. The van der Waals surface area contributed by atoms with Gasteiger partial charge in [0.25, 0.3) is 0 Å². The van der Waals surface area contributed by atoms with Crippen molar-refractivity contribution in [1.82, 2.24) is 10.3 Å². The largest absolute Gasteiger partial charge is 0.496 e. The molecule has 0 saturated heterocycles. The first-order chi connectivity index (χ1) is 19.0. The van der Waals surface area contributed by atoms with Crippen LogP contribution in [0.1, 0.15) is 36.5 Å². The van der Waals surface area contributed by atoms with Crippen LogP contribution in [-0.2, 0) is 28.9 Å². The lowest BCUT2D eigenvalue weighted by molar-refractivity contribution is -0.127. The number of Topliss-reactive ketones (excluding diaryl/α,β-unsaturated/α-hetero) is 1. The second-order valence-corrected chi connectivity index (χ2v) is 9.72. The van der Waals surface area contributed by atoms with Gasteiger partial charge in [0.2, 0.25) is 5.91 Å². The van der Waals surface area contributed by atoms with E-state index in [4.69, 9.17) is 15.2 Å². The third-order valence-corrected chi connectivity index (χ3v) is 6.95. The average Bonchev–Trinajstić information content (AvgIpc) is 3.37. The van der Waals surface area contributed by atoms with Crippen molar-refractivity contribution in [3.05, 3.63) is 95.7 Å². The first-order valence-corrected chi connectivity index (χ1v) is 13.4. The molecule has 0 bridgehead atoms. The lowest BCUT2D eigenvalue weighted by atomic mass is 9.92. The van der Waals surface area contributed by atoms with Gasteiger partial charge in [-0.2, -0.15) is 0 Å². The number of H-pyrrole nitrogens is 1. The minimum atomic E-state index is -0.869. The predicted molar refractivity (Wildman–Crippen MR) is 154 cm³/mol. The number of aromatic nitrogens is 1. The van der Waals surface area contributed by atoms with Crippen LogP contribution in [0.5, 0.6) is 11.5 Å². The zero-order valence-corrected chi connectivity index (χ0v) is 22.6. The average molecular weight is 528 g/mol. The number of nitrogens with one attached hydrogen (secondary N) is 2. The molecule has 0 radical (unpaired) electrons. The lowest BCUT2D eigenvalue weighted by Crippen LogP contribution is -2.51. The molecule has 0 aliphatic heterocycles. The summed E-state index contributed by atoms with van der Waals surface area (Å²) in [4.78, 5) is 29.6. The summed E-state index contributed by atoms with van der Waals surface area (Å²) in [5.41, 5.74) is 10.6. The van der Waals surface area contributed by atoms with E-state index in [-0.39, 0.29) is 24.7 Å². The summed E-state index contributed by atoms with van der Waals surface area (Å²) >= 11 is 0. The molecule has 0 fully saturated rings. The molecule has 4 aromatic rings. The number of para-hydroxylation sites is 2. The Bertz CT molecular complexity index is 1380. The molecule has 4 rings (SSSR count). The summed E-state index contributed by atoms with van der Waals surface area (Å²) in [6.07, 6.45) is 4.19. The quantitative estimate of drug-likeness (QED) is 0.201. The number of ether oxygens (including phenoxy) is 2. The fourth-order valence-corrected chi connectivity index (χ4v) is 4.80. The zero-order valence-electron chi connectivity index (χ0n) is 22.6. The van der Waals surface area contributed by atoms with E-state index < -0.39 is 12.1 Å². The number of aryl methyl sites for hydroxylation is 2. The van der Waals surface area contributed by atoms with Gasteiger partial charge in [-0.3, -0.25) is 9.59 Å². The molecule has 1 heterocycles. The third-order valence-electron chi connectivity index (χ3n) is 6.95. The first kappa shape index (κ1) is 27.9. The molecule has 4 N–H and O–H groups in total. The highest BCUT2D eigenvalue weighted by atomic mass is 16.5. The van der Waals surface area contributed by atoms with Crippen LogP contribution in [0.15, 0.2) is 79.0 Å². The van der Waals surface area contributed by atoms with Crippen LogP contribution in [0.3, 0.4) is 0 Å². The number of aromatic amines is 1. The molecule has 1 aromatic heterocycles. The van der Waals surface area contributed by atoms with Gasteiger partial charge in [-0.25, -0.2) is 0 Å². The van der Waals surface area contributed by atoms with Gasteiger partial charge in [0, 0.05) is 23.5 Å². The minimum absolute atomic E-state index is 0.134. The summed E-state index contributed by atoms with van der Waals surface area (Å²) in [6.45, 7) is 2.00. The Balaban J connectivity index is 1.44. The van der Waals surface area contributed by atoms with Gasteiger partial charge in [-0.1, -0.05) is 61.9 Å². The molecule has 0 spiro atoms. The Labute approximate surface area is 229 Å². The van der Waals surface area contributed by atoms with Crippen molar-refractivity contribution in [3.8, 4) is 11.5 Å². The number of methoxy groups -OCH3 is 1. The second-order valence-electron chi connectivity index (χ2n) is 9.72. The van der Waals surface area contributed by atoms with E-state index in [0.29, 0.717) is 18.6 Å². The number of rotatable bonds is 14. The van der Waals surface area contributed by atoms with Crippen molar-refractivity contribution < 1.29 is 19.1 Å².